The largest absolute Gasteiger partial charge is 0.356 e. The fourth-order valence-electron chi connectivity index (χ4n) is 4.10. The zero-order valence-corrected chi connectivity index (χ0v) is 17.1. The highest BCUT2D eigenvalue weighted by Crippen LogP contribution is 2.24. The average molecular weight is 403 g/mol. The van der Waals surface area contributed by atoms with E-state index in [0.717, 1.165) is 19.3 Å². The monoisotopic (exact) mass is 403 g/mol. The Morgan fingerprint density at radius 3 is 2.62 bits per heavy atom. The lowest BCUT2D eigenvalue weighted by Crippen LogP contribution is -2.46. The first-order chi connectivity index (χ1) is 13.9. The zero-order chi connectivity index (χ0) is 21.0. The van der Waals surface area contributed by atoms with Gasteiger partial charge in [-0.15, -0.1) is 0 Å². The number of carbonyl (C=O) groups is 3. The highest BCUT2D eigenvalue weighted by molar-refractivity contribution is 5.94. The summed E-state index contributed by atoms with van der Waals surface area (Å²) in [5.41, 5.74) is 0.0957. The van der Waals surface area contributed by atoms with Crippen molar-refractivity contribution in [1.82, 2.24) is 25.1 Å². The van der Waals surface area contributed by atoms with Crippen LogP contribution < -0.4 is 10.9 Å². The van der Waals surface area contributed by atoms with E-state index >= 15 is 0 Å². The van der Waals surface area contributed by atoms with Crippen molar-refractivity contribution in [2.24, 2.45) is 11.8 Å². The van der Waals surface area contributed by atoms with Crippen LogP contribution in [0.5, 0.6) is 0 Å². The molecule has 0 aliphatic carbocycles. The normalized spacial score (nSPS) is 20.3. The van der Waals surface area contributed by atoms with Crippen LogP contribution in [0, 0.1) is 18.8 Å². The number of amides is 3. The molecule has 2 fully saturated rings. The zero-order valence-electron chi connectivity index (χ0n) is 17.1. The summed E-state index contributed by atoms with van der Waals surface area (Å²) in [5, 5.41) is 2.76. The molecule has 0 spiro atoms. The predicted octanol–water partition coefficient (Wildman–Crippen LogP) is 0.305. The second-order valence-electron chi connectivity index (χ2n) is 8.02. The number of nitrogens with zero attached hydrogens (tertiary/aromatic N) is 3. The van der Waals surface area contributed by atoms with Gasteiger partial charge in [-0.1, -0.05) is 0 Å². The van der Waals surface area contributed by atoms with Crippen LogP contribution in [0.3, 0.4) is 0 Å². The topological polar surface area (TPSA) is 115 Å². The maximum Gasteiger partial charge on any atom is 0.263 e. The first kappa shape index (κ1) is 21.0. The summed E-state index contributed by atoms with van der Waals surface area (Å²) in [5.74, 6) is -0.0288. The number of aryl methyl sites for hydroxylation is 1. The van der Waals surface area contributed by atoms with Crippen molar-refractivity contribution in [1.29, 1.82) is 0 Å². The molecule has 1 aromatic rings. The number of likely N-dealkylation sites (tertiary alicyclic amines) is 1. The Morgan fingerprint density at radius 2 is 1.97 bits per heavy atom. The van der Waals surface area contributed by atoms with E-state index in [1.165, 1.54) is 6.33 Å². The Morgan fingerprint density at radius 1 is 1.24 bits per heavy atom. The number of nitrogens with one attached hydrogen (secondary N) is 2. The van der Waals surface area contributed by atoms with Crippen LogP contribution in [0.2, 0.25) is 0 Å². The molecule has 158 valence electrons. The molecular weight excluding hydrogens is 374 g/mol. The van der Waals surface area contributed by atoms with E-state index in [-0.39, 0.29) is 29.2 Å². The fourth-order valence-corrected chi connectivity index (χ4v) is 4.10. The summed E-state index contributed by atoms with van der Waals surface area (Å²) < 4.78 is 0. The molecule has 0 radical (unpaired) electrons. The number of aromatic amines is 1. The Labute approximate surface area is 169 Å². The molecule has 2 aliphatic heterocycles. The van der Waals surface area contributed by atoms with E-state index in [4.69, 9.17) is 0 Å². The van der Waals surface area contributed by atoms with Crippen molar-refractivity contribution in [2.45, 2.75) is 39.0 Å². The van der Waals surface area contributed by atoms with Crippen LogP contribution in [0.15, 0.2) is 11.1 Å². The average Bonchev–Trinajstić information content (AvgIpc) is 2.71. The third-order valence-corrected chi connectivity index (χ3v) is 6.00. The van der Waals surface area contributed by atoms with E-state index in [9.17, 15) is 19.2 Å². The van der Waals surface area contributed by atoms with Gasteiger partial charge in [-0.05, 0) is 38.5 Å². The van der Waals surface area contributed by atoms with Crippen LogP contribution >= 0.6 is 0 Å². The van der Waals surface area contributed by atoms with Crippen LogP contribution in [-0.2, 0) is 9.59 Å². The van der Waals surface area contributed by atoms with Gasteiger partial charge in [0.2, 0.25) is 11.8 Å². The summed E-state index contributed by atoms with van der Waals surface area (Å²) in [7, 11) is 1.70. The Balaban J connectivity index is 1.46. The fraction of sp³-hybridized carbons (Fsp3) is 0.650. The second kappa shape index (κ2) is 9.19. The van der Waals surface area contributed by atoms with Gasteiger partial charge in [0.1, 0.15) is 5.56 Å². The van der Waals surface area contributed by atoms with E-state index < -0.39 is 5.56 Å². The Bertz CT molecular complexity index is 828. The van der Waals surface area contributed by atoms with Crippen molar-refractivity contribution in [3.8, 4) is 0 Å². The summed E-state index contributed by atoms with van der Waals surface area (Å²) in [6, 6.07) is 0. The molecule has 2 aliphatic rings. The lowest BCUT2D eigenvalue weighted by Gasteiger charge is -2.35. The van der Waals surface area contributed by atoms with Crippen molar-refractivity contribution in [3.05, 3.63) is 27.9 Å². The molecule has 9 nitrogen and oxygen atoms in total. The molecule has 2 saturated heterocycles. The van der Waals surface area contributed by atoms with Gasteiger partial charge in [-0.25, -0.2) is 4.98 Å². The first-order valence-corrected chi connectivity index (χ1v) is 10.2. The second-order valence-corrected chi connectivity index (χ2v) is 8.02. The van der Waals surface area contributed by atoms with Crippen molar-refractivity contribution in [2.75, 3.05) is 33.2 Å². The van der Waals surface area contributed by atoms with E-state index in [1.807, 2.05) is 4.90 Å². The molecule has 29 heavy (non-hydrogen) atoms. The van der Waals surface area contributed by atoms with Crippen LogP contribution in [0.25, 0.3) is 0 Å². The molecule has 0 aromatic carbocycles. The van der Waals surface area contributed by atoms with Gasteiger partial charge in [-0.2, -0.15) is 0 Å². The first-order valence-electron chi connectivity index (χ1n) is 10.2. The molecule has 1 atom stereocenters. The molecular formula is C20H29N5O4. The van der Waals surface area contributed by atoms with E-state index in [2.05, 4.69) is 15.3 Å². The van der Waals surface area contributed by atoms with Gasteiger partial charge in [-0.3, -0.25) is 19.2 Å². The van der Waals surface area contributed by atoms with Gasteiger partial charge < -0.3 is 20.1 Å². The minimum Gasteiger partial charge on any atom is -0.356 e. The quantitative estimate of drug-likeness (QED) is 0.734. The number of carbonyl (C=O) groups excluding carboxylic acids is 3. The lowest BCUT2D eigenvalue weighted by molar-refractivity contribution is -0.141. The van der Waals surface area contributed by atoms with Crippen LogP contribution in [-0.4, -0.2) is 70.7 Å². The number of rotatable bonds is 5. The minimum atomic E-state index is -0.419. The Kier molecular flexibility index (Phi) is 6.66. The number of H-pyrrole nitrogens is 1. The van der Waals surface area contributed by atoms with Gasteiger partial charge in [0.15, 0.2) is 0 Å². The van der Waals surface area contributed by atoms with E-state index in [1.54, 1.807) is 18.9 Å². The third-order valence-electron chi connectivity index (χ3n) is 6.00. The molecule has 0 saturated carbocycles. The maximum absolute atomic E-state index is 12.6. The van der Waals surface area contributed by atoms with Crippen molar-refractivity contribution in [3.63, 3.8) is 0 Å². The van der Waals surface area contributed by atoms with E-state index in [0.29, 0.717) is 50.6 Å². The van der Waals surface area contributed by atoms with Crippen LogP contribution in [0.1, 0.15) is 48.2 Å². The molecule has 9 heteroatoms. The number of hydrogen-bond donors (Lipinski definition) is 2. The summed E-state index contributed by atoms with van der Waals surface area (Å²) in [6.07, 6.45) is 4.90. The minimum absolute atomic E-state index is 0.0418. The number of piperidine rings is 2. The molecule has 1 aromatic heterocycles. The number of aromatic nitrogens is 2. The number of hydrogen-bond acceptors (Lipinski definition) is 5. The Hall–Kier alpha value is -2.71. The van der Waals surface area contributed by atoms with Gasteiger partial charge >= 0.3 is 0 Å². The molecule has 1 unspecified atom stereocenters. The third kappa shape index (κ3) is 5.02. The summed E-state index contributed by atoms with van der Waals surface area (Å²) >= 11 is 0. The van der Waals surface area contributed by atoms with Gasteiger partial charge in [0.25, 0.3) is 11.5 Å². The predicted molar refractivity (Wildman–Crippen MR) is 106 cm³/mol. The van der Waals surface area contributed by atoms with Crippen LogP contribution in [0.4, 0.5) is 0 Å². The summed E-state index contributed by atoms with van der Waals surface area (Å²) in [6.45, 7) is 4.17. The van der Waals surface area contributed by atoms with Crippen molar-refractivity contribution >= 4 is 17.7 Å². The SMILES string of the molecule is Cc1nc[nH]c(=O)c1C(=O)N(C)CCC1CCN(C(=O)C2CCNC(=O)C2)CC1. The summed E-state index contributed by atoms with van der Waals surface area (Å²) in [4.78, 5) is 58.6. The van der Waals surface area contributed by atoms with Gasteiger partial charge in [0.05, 0.1) is 12.0 Å². The van der Waals surface area contributed by atoms with Crippen molar-refractivity contribution < 1.29 is 14.4 Å². The molecule has 3 rings (SSSR count). The highest BCUT2D eigenvalue weighted by Gasteiger charge is 2.31. The smallest absolute Gasteiger partial charge is 0.263 e. The molecule has 3 amide bonds. The molecule has 0 bridgehead atoms. The molecule has 2 N–H and O–H groups in total. The lowest BCUT2D eigenvalue weighted by atomic mass is 9.90. The standard InChI is InChI=1S/C20H29N5O4/c1-13-17(18(27)23-12-22-13)20(29)24(2)8-4-14-5-9-25(10-6-14)19(28)15-3-7-21-16(26)11-15/h12,14-15H,3-11H2,1-2H3,(H,21,26)(H,22,23,27). The van der Waals surface area contributed by atoms with Gasteiger partial charge in [0, 0.05) is 45.6 Å². The molecule has 3 heterocycles. The highest BCUT2D eigenvalue weighted by atomic mass is 16.2. The maximum atomic E-state index is 12.6.